The summed E-state index contributed by atoms with van der Waals surface area (Å²) < 4.78 is 37.6. The monoisotopic (exact) mass is 391 g/mol. The number of hydrogen-bond acceptors (Lipinski definition) is 4. The molecule has 1 N–H and O–H groups in total. The third-order valence-electron chi connectivity index (χ3n) is 4.50. The number of carbonyl (C=O) groups is 1. The largest absolute Gasteiger partial charge is 0.322 e. The molecule has 0 unspecified atom stereocenters. The Kier molecular flexibility index (Phi) is 5.88. The molecule has 27 heavy (non-hydrogen) atoms. The van der Waals surface area contributed by atoms with E-state index in [9.17, 15) is 17.6 Å². The Morgan fingerprint density at radius 3 is 2.37 bits per heavy atom. The van der Waals surface area contributed by atoms with Crippen LogP contribution in [0.2, 0.25) is 0 Å². The smallest absolute Gasteiger partial charge is 0.255 e. The molecule has 1 amide bonds. The van der Waals surface area contributed by atoms with Crippen molar-refractivity contribution in [2.45, 2.75) is 6.54 Å². The number of halogens is 1. The minimum absolute atomic E-state index is 0.259. The highest BCUT2D eigenvalue weighted by atomic mass is 32.2. The number of piperazine rings is 1. The van der Waals surface area contributed by atoms with Crippen LogP contribution in [-0.4, -0.2) is 56.0 Å². The Hall–Kier alpha value is -2.29. The van der Waals surface area contributed by atoms with Gasteiger partial charge in [-0.15, -0.1) is 0 Å². The molecular weight excluding hydrogens is 369 g/mol. The van der Waals surface area contributed by atoms with Crippen LogP contribution in [0.4, 0.5) is 10.1 Å². The Labute approximate surface area is 158 Å². The van der Waals surface area contributed by atoms with Crippen LogP contribution in [0.15, 0.2) is 48.5 Å². The molecule has 1 aliphatic rings. The van der Waals surface area contributed by atoms with E-state index in [4.69, 9.17) is 0 Å². The summed E-state index contributed by atoms with van der Waals surface area (Å²) in [6, 6.07) is 12.9. The quantitative estimate of drug-likeness (QED) is 0.848. The first-order chi connectivity index (χ1) is 12.8. The molecule has 3 rings (SSSR count). The van der Waals surface area contributed by atoms with E-state index in [2.05, 4.69) is 10.2 Å². The van der Waals surface area contributed by atoms with E-state index in [0.717, 1.165) is 5.56 Å². The molecule has 0 bridgehead atoms. The zero-order chi connectivity index (χ0) is 19.4. The molecule has 2 aromatic carbocycles. The van der Waals surface area contributed by atoms with E-state index in [0.29, 0.717) is 44.0 Å². The highest BCUT2D eigenvalue weighted by Gasteiger charge is 2.23. The van der Waals surface area contributed by atoms with Gasteiger partial charge in [-0.2, -0.15) is 4.31 Å². The van der Waals surface area contributed by atoms with Gasteiger partial charge in [0.15, 0.2) is 0 Å². The maximum absolute atomic E-state index is 13.0. The summed E-state index contributed by atoms with van der Waals surface area (Å²) in [6.45, 7) is 2.90. The van der Waals surface area contributed by atoms with Gasteiger partial charge in [0.05, 0.1) is 6.26 Å². The molecule has 0 radical (unpaired) electrons. The fraction of sp³-hybridized carbons (Fsp3) is 0.316. The van der Waals surface area contributed by atoms with Crippen LogP contribution in [0.5, 0.6) is 0 Å². The van der Waals surface area contributed by atoms with Gasteiger partial charge in [-0.25, -0.2) is 12.8 Å². The number of hydrogen-bond donors (Lipinski definition) is 1. The van der Waals surface area contributed by atoms with Crippen LogP contribution < -0.4 is 5.32 Å². The van der Waals surface area contributed by atoms with E-state index in [-0.39, 0.29) is 11.7 Å². The average Bonchev–Trinajstić information content (AvgIpc) is 2.63. The minimum atomic E-state index is -3.14. The lowest BCUT2D eigenvalue weighted by Crippen LogP contribution is -2.47. The Bertz CT molecular complexity index is 908. The Balaban J connectivity index is 1.60. The van der Waals surface area contributed by atoms with Crippen molar-refractivity contribution in [1.29, 1.82) is 0 Å². The van der Waals surface area contributed by atoms with Crippen LogP contribution in [0.3, 0.4) is 0 Å². The zero-order valence-corrected chi connectivity index (χ0v) is 15.9. The first-order valence-electron chi connectivity index (χ1n) is 8.64. The molecule has 2 aromatic rings. The van der Waals surface area contributed by atoms with E-state index >= 15 is 0 Å². The van der Waals surface area contributed by atoms with Crippen LogP contribution in [-0.2, 0) is 16.6 Å². The molecule has 0 spiro atoms. The fourth-order valence-corrected chi connectivity index (χ4v) is 3.85. The van der Waals surface area contributed by atoms with Gasteiger partial charge in [0, 0.05) is 44.0 Å². The molecule has 1 fully saturated rings. The average molecular weight is 391 g/mol. The lowest BCUT2D eigenvalue weighted by atomic mass is 10.1. The van der Waals surface area contributed by atoms with Crippen molar-refractivity contribution >= 4 is 21.6 Å². The standard InChI is InChI=1S/C19H22FN3O3S/c1-27(25,26)23-11-9-22(10-12-23)14-15-3-2-4-16(13-15)19(24)21-18-7-5-17(20)6-8-18/h2-8,13H,9-12,14H2,1H3,(H,21,24). The van der Waals surface area contributed by atoms with Gasteiger partial charge < -0.3 is 5.32 Å². The van der Waals surface area contributed by atoms with Crippen molar-refractivity contribution in [3.8, 4) is 0 Å². The van der Waals surface area contributed by atoms with Gasteiger partial charge in [0.1, 0.15) is 5.82 Å². The second-order valence-corrected chi connectivity index (χ2v) is 8.58. The summed E-state index contributed by atoms with van der Waals surface area (Å²) in [5.41, 5.74) is 2.03. The number of nitrogens with zero attached hydrogens (tertiary/aromatic N) is 2. The first kappa shape index (κ1) is 19.5. The summed E-state index contributed by atoms with van der Waals surface area (Å²) in [6.07, 6.45) is 1.23. The van der Waals surface area contributed by atoms with E-state index in [1.165, 1.54) is 34.8 Å². The van der Waals surface area contributed by atoms with Crippen molar-refractivity contribution in [2.75, 3.05) is 37.8 Å². The second kappa shape index (κ2) is 8.16. The molecule has 1 heterocycles. The topological polar surface area (TPSA) is 69.7 Å². The predicted molar refractivity (Wildman–Crippen MR) is 102 cm³/mol. The van der Waals surface area contributed by atoms with Crippen LogP contribution >= 0.6 is 0 Å². The molecule has 0 atom stereocenters. The van der Waals surface area contributed by atoms with Crippen LogP contribution in [0.25, 0.3) is 0 Å². The fourth-order valence-electron chi connectivity index (χ4n) is 3.02. The molecular formula is C19H22FN3O3S. The number of amides is 1. The van der Waals surface area contributed by atoms with Gasteiger partial charge in [-0.1, -0.05) is 12.1 Å². The second-order valence-electron chi connectivity index (χ2n) is 6.60. The van der Waals surface area contributed by atoms with E-state index in [1.807, 2.05) is 18.2 Å². The Morgan fingerprint density at radius 1 is 1.07 bits per heavy atom. The third kappa shape index (κ3) is 5.35. The molecule has 0 saturated carbocycles. The van der Waals surface area contributed by atoms with Gasteiger partial charge in [-0.3, -0.25) is 9.69 Å². The van der Waals surface area contributed by atoms with Crippen molar-refractivity contribution in [3.63, 3.8) is 0 Å². The van der Waals surface area contributed by atoms with Gasteiger partial charge >= 0.3 is 0 Å². The number of nitrogens with one attached hydrogen (secondary N) is 1. The summed E-state index contributed by atoms with van der Waals surface area (Å²) >= 11 is 0. The summed E-state index contributed by atoms with van der Waals surface area (Å²) in [5, 5.41) is 2.75. The lowest BCUT2D eigenvalue weighted by molar-refractivity contribution is 0.102. The predicted octanol–water partition coefficient (Wildman–Crippen LogP) is 2.16. The highest BCUT2D eigenvalue weighted by molar-refractivity contribution is 7.88. The molecule has 0 aromatic heterocycles. The molecule has 8 heteroatoms. The maximum Gasteiger partial charge on any atom is 0.255 e. The zero-order valence-electron chi connectivity index (χ0n) is 15.1. The third-order valence-corrected chi connectivity index (χ3v) is 5.80. The van der Waals surface area contributed by atoms with Crippen LogP contribution in [0.1, 0.15) is 15.9 Å². The lowest BCUT2D eigenvalue weighted by Gasteiger charge is -2.33. The van der Waals surface area contributed by atoms with Crippen LogP contribution in [0, 0.1) is 5.82 Å². The first-order valence-corrected chi connectivity index (χ1v) is 10.5. The summed E-state index contributed by atoms with van der Waals surface area (Å²) in [4.78, 5) is 14.6. The highest BCUT2D eigenvalue weighted by Crippen LogP contribution is 2.14. The number of anilines is 1. The van der Waals surface area contributed by atoms with Gasteiger partial charge in [-0.05, 0) is 42.0 Å². The van der Waals surface area contributed by atoms with Crippen molar-refractivity contribution in [3.05, 3.63) is 65.5 Å². The van der Waals surface area contributed by atoms with Gasteiger partial charge in [0.2, 0.25) is 10.0 Å². The maximum atomic E-state index is 13.0. The van der Waals surface area contributed by atoms with E-state index in [1.54, 1.807) is 6.07 Å². The Morgan fingerprint density at radius 2 is 1.74 bits per heavy atom. The van der Waals surface area contributed by atoms with Crippen molar-refractivity contribution in [2.24, 2.45) is 0 Å². The number of sulfonamides is 1. The SMILES string of the molecule is CS(=O)(=O)N1CCN(Cc2cccc(C(=O)Nc3ccc(F)cc3)c2)CC1. The molecule has 144 valence electrons. The summed E-state index contributed by atoms with van der Waals surface area (Å²) in [5.74, 6) is -0.615. The number of rotatable bonds is 5. The van der Waals surface area contributed by atoms with Crippen molar-refractivity contribution < 1.29 is 17.6 Å². The molecule has 1 aliphatic heterocycles. The molecule has 6 nitrogen and oxygen atoms in total. The van der Waals surface area contributed by atoms with E-state index < -0.39 is 10.0 Å². The normalized spacial score (nSPS) is 16.2. The number of carbonyl (C=O) groups excluding carboxylic acids is 1. The molecule has 1 saturated heterocycles. The molecule has 0 aliphatic carbocycles. The number of benzene rings is 2. The van der Waals surface area contributed by atoms with Gasteiger partial charge in [0.25, 0.3) is 5.91 Å². The minimum Gasteiger partial charge on any atom is -0.322 e. The van der Waals surface area contributed by atoms with Crippen molar-refractivity contribution in [1.82, 2.24) is 9.21 Å². The summed E-state index contributed by atoms with van der Waals surface area (Å²) in [7, 11) is -3.14.